The van der Waals surface area contributed by atoms with Gasteiger partial charge in [0.15, 0.2) is 13.0 Å². The number of hydrazone groups is 1. The van der Waals surface area contributed by atoms with Crippen molar-refractivity contribution in [1.29, 1.82) is 0 Å². The zero-order chi connectivity index (χ0) is 9.56. The molecule has 12 heavy (non-hydrogen) atoms. The molecule has 0 aromatic rings. The smallest absolute Gasteiger partial charge is 0.223 e. The predicted octanol–water partition coefficient (Wildman–Crippen LogP) is -2.15. The summed E-state index contributed by atoms with van der Waals surface area (Å²) in [6, 6.07) is 0. The van der Waals surface area contributed by atoms with Gasteiger partial charge in [-0.15, -0.1) is 5.10 Å². The maximum atomic E-state index is 10.4. The Morgan fingerprint density at radius 2 is 2.17 bits per heavy atom. The van der Waals surface area contributed by atoms with Gasteiger partial charge >= 0.3 is 0 Å². The van der Waals surface area contributed by atoms with Crippen LogP contribution in [0.1, 0.15) is 6.92 Å². The monoisotopic (exact) mass is 165 g/mol. The predicted molar refractivity (Wildman–Crippen MR) is 45.5 cm³/mol. The molecule has 0 bridgehead atoms. The number of carbonyl (C=O) groups is 2. The fraction of sp³-hybridized carbons (Fsp3) is 0.250. The van der Waals surface area contributed by atoms with E-state index in [-0.39, 0.29) is 11.9 Å². The molecule has 0 aromatic heterocycles. The number of hydrogen-bond acceptors (Lipinski definition) is 3. The maximum Gasteiger partial charge on any atom is 0.223 e. The molecule has 0 fully saturated rings. The highest BCUT2D eigenvalue weighted by molar-refractivity contribution is 7.07. The first-order chi connectivity index (χ1) is 5.56. The number of amides is 2. The molecule has 3 radical (unpaired) electrons. The molecule has 0 atom stereocenters. The van der Waals surface area contributed by atoms with Gasteiger partial charge in [0.05, 0.1) is 0 Å². The van der Waals surface area contributed by atoms with Gasteiger partial charge in [-0.25, -0.2) is 0 Å². The van der Waals surface area contributed by atoms with Crippen LogP contribution in [-0.4, -0.2) is 32.6 Å². The largest absolute Gasteiger partial charge is 0.368 e. The highest BCUT2D eigenvalue weighted by Gasteiger charge is 1.96. The second-order valence-corrected chi connectivity index (χ2v) is 1.82. The van der Waals surface area contributed by atoms with Crippen molar-refractivity contribution in [2.24, 2.45) is 10.8 Å². The van der Waals surface area contributed by atoms with Gasteiger partial charge in [-0.1, -0.05) is 0 Å². The quantitative estimate of drug-likeness (QED) is 0.188. The van der Waals surface area contributed by atoms with Crippen LogP contribution in [0.15, 0.2) is 5.10 Å². The number of nitrogens with one attached hydrogen (secondary N) is 2. The Morgan fingerprint density at radius 1 is 1.58 bits per heavy atom. The van der Waals surface area contributed by atoms with E-state index in [2.05, 4.69) is 10.4 Å². The number of guanidine groups is 1. The number of nitrogens with zero attached hydrogens (tertiary/aromatic N) is 1. The number of carbonyl (C=O) groups excluding carboxylic acids is 2. The fourth-order valence-electron chi connectivity index (χ4n) is 0.361. The molecule has 2 amide bonds. The summed E-state index contributed by atoms with van der Waals surface area (Å²) < 4.78 is 0. The van der Waals surface area contributed by atoms with Gasteiger partial charge < -0.3 is 5.73 Å². The standard InChI is InChI=1S/C4H7B2N4O2/c1-2(11)8-4(7)10-9-3(12)6-5/h1H3,(H,9,12)(H3,7,8,10,11). The first-order valence-electron chi connectivity index (χ1n) is 3.02. The van der Waals surface area contributed by atoms with Crippen molar-refractivity contribution in [1.82, 2.24) is 10.7 Å². The minimum Gasteiger partial charge on any atom is -0.368 e. The van der Waals surface area contributed by atoms with Gasteiger partial charge in [-0.3, -0.25) is 20.3 Å². The van der Waals surface area contributed by atoms with E-state index in [4.69, 9.17) is 13.5 Å². The molecule has 0 rings (SSSR count). The zero-order valence-electron chi connectivity index (χ0n) is 6.50. The van der Waals surface area contributed by atoms with E-state index >= 15 is 0 Å². The lowest BCUT2D eigenvalue weighted by molar-refractivity contribution is -0.117. The van der Waals surface area contributed by atoms with Crippen LogP contribution in [0.4, 0.5) is 4.79 Å². The average Bonchev–Trinajstić information content (AvgIpc) is 1.99. The van der Waals surface area contributed by atoms with Gasteiger partial charge in [0, 0.05) is 14.7 Å². The van der Waals surface area contributed by atoms with E-state index in [0.717, 1.165) is 7.17 Å². The molecule has 4 N–H and O–H groups in total. The first-order valence-corrected chi connectivity index (χ1v) is 3.02. The second kappa shape index (κ2) is 5.22. The molecule has 0 saturated heterocycles. The van der Waals surface area contributed by atoms with Gasteiger partial charge in [0.25, 0.3) is 0 Å². The van der Waals surface area contributed by atoms with Crippen LogP contribution in [0.5, 0.6) is 0 Å². The topological polar surface area (TPSA) is 96.6 Å². The van der Waals surface area contributed by atoms with Crippen LogP contribution >= 0.6 is 0 Å². The van der Waals surface area contributed by atoms with Gasteiger partial charge in [0.2, 0.25) is 11.9 Å². The summed E-state index contributed by atoms with van der Waals surface area (Å²) in [5.74, 6) is -1.18. The minimum absolute atomic E-state index is 0.197. The Balaban J connectivity index is 3.84. The molecule has 0 aliphatic rings. The molecule has 6 nitrogen and oxygen atoms in total. The van der Waals surface area contributed by atoms with Crippen LogP contribution in [0.2, 0.25) is 0 Å². The summed E-state index contributed by atoms with van der Waals surface area (Å²) in [6.07, 6.45) is 0. The fourth-order valence-corrected chi connectivity index (χ4v) is 0.361. The van der Waals surface area contributed by atoms with Crippen LogP contribution < -0.4 is 16.5 Å². The van der Waals surface area contributed by atoms with E-state index in [9.17, 15) is 9.59 Å². The van der Waals surface area contributed by atoms with Crippen molar-refractivity contribution in [3.05, 3.63) is 0 Å². The summed E-state index contributed by atoms with van der Waals surface area (Å²) in [7, 11) is 5.61. The van der Waals surface area contributed by atoms with E-state index in [1.54, 1.807) is 0 Å². The van der Waals surface area contributed by atoms with E-state index in [1.807, 2.05) is 5.43 Å². The molecule has 0 saturated carbocycles. The Kier molecular flexibility index (Phi) is 4.59. The molecule has 0 aliphatic carbocycles. The Morgan fingerprint density at radius 3 is 2.58 bits per heavy atom. The molecule has 0 aliphatic heterocycles. The van der Waals surface area contributed by atoms with Gasteiger partial charge in [-0.05, 0) is 0 Å². The number of nitrogens with two attached hydrogens (primary N) is 1. The first kappa shape index (κ1) is 10.5. The molecule has 0 aromatic carbocycles. The van der Waals surface area contributed by atoms with Crippen LogP contribution in [0.3, 0.4) is 0 Å². The third-order valence-electron chi connectivity index (χ3n) is 0.742. The molecule has 8 heteroatoms. The summed E-state index contributed by atoms with van der Waals surface area (Å²) in [5, 5.41) is 5.43. The number of hydrogen-bond donors (Lipinski definition) is 3. The van der Waals surface area contributed by atoms with Crippen molar-refractivity contribution < 1.29 is 9.59 Å². The maximum absolute atomic E-state index is 10.4. The van der Waals surface area contributed by atoms with E-state index in [0.29, 0.717) is 0 Å². The Hall–Kier alpha value is -1.46. The molecule has 0 spiro atoms. The van der Waals surface area contributed by atoms with Crippen LogP contribution in [0, 0.1) is 0 Å². The molecule has 0 heterocycles. The lowest BCUT2D eigenvalue weighted by Gasteiger charge is -2.00. The summed E-state index contributed by atoms with van der Waals surface area (Å²) in [5.41, 5.74) is 7.09. The highest BCUT2D eigenvalue weighted by Crippen LogP contribution is 1.66. The van der Waals surface area contributed by atoms with Crippen molar-refractivity contribution >= 4 is 32.6 Å². The molecule has 61 valence electrons. The molecular weight excluding hydrogens is 158 g/mol. The van der Waals surface area contributed by atoms with E-state index < -0.39 is 5.81 Å². The molecular formula is C4H7B2N4O2. The third-order valence-corrected chi connectivity index (χ3v) is 0.742. The second-order valence-electron chi connectivity index (χ2n) is 1.82. The van der Waals surface area contributed by atoms with Crippen molar-refractivity contribution in [2.45, 2.75) is 6.92 Å². The van der Waals surface area contributed by atoms with Gasteiger partial charge in [-0.2, -0.15) is 0 Å². The third kappa shape index (κ3) is 5.33. The molecule has 0 unspecified atom stereocenters. The normalized spacial score (nSPS) is 10.2. The van der Waals surface area contributed by atoms with Crippen molar-refractivity contribution in [3.63, 3.8) is 0 Å². The highest BCUT2D eigenvalue weighted by atomic mass is 16.2. The van der Waals surface area contributed by atoms with Crippen LogP contribution in [-0.2, 0) is 4.79 Å². The lowest BCUT2D eigenvalue weighted by Crippen LogP contribution is -2.38. The minimum atomic E-state index is -0.608. The zero-order valence-corrected chi connectivity index (χ0v) is 6.50. The summed E-state index contributed by atoms with van der Waals surface area (Å²) >= 11 is 0. The lowest BCUT2D eigenvalue weighted by atomic mass is 9.55. The Bertz CT molecular complexity index is 217. The van der Waals surface area contributed by atoms with Crippen LogP contribution in [0.25, 0.3) is 0 Å². The van der Waals surface area contributed by atoms with Gasteiger partial charge in [0.1, 0.15) is 0 Å². The summed E-state index contributed by atoms with van der Waals surface area (Å²) in [6.45, 7) is 1.26. The van der Waals surface area contributed by atoms with Crippen molar-refractivity contribution in [3.8, 4) is 0 Å². The average molecular weight is 165 g/mol. The summed E-state index contributed by atoms with van der Waals surface area (Å²) in [4.78, 5) is 20.8. The SMILES string of the molecule is [B][B]C(=O)NN=C(N)NC(C)=O. The van der Waals surface area contributed by atoms with Crippen molar-refractivity contribution in [2.75, 3.05) is 0 Å². The Labute approximate surface area is 71.6 Å². The van der Waals surface area contributed by atoms with E-state index in [1.165, 1.54) is 6.92 Å². The number of rotatable bonds is 2.